The summed E-state index contributed by atoms with van der Waals surface area (Å²) in [6, 6.07) is 5.73. The van der Waals surface area contributed by atoms with Gasteiger partial charge in [-0.25, -0.2) is 0 Å². The van der Waals surface area contributed by atoms with E-state index >= 15 is 0 Å². The lowest BCUT2D eigenvalue weighted by Crippen LogP contribution is -2.57. The molecular formula is C29H35ClN2O5S. The topological polar surface area (TPSA) is 87.2 Å². The first-order valence-electron chi connectivity index (χ1n) is 13.5. The summed E-state index contributed by atoms with van der Waals surface area (Å²) < 4.78 is 4.70. The summed E-state index contributed by atoms with van der Waals surface area (Å²) in [5, 5.41) is 10.6. The number of thioether (sulfide) groups is 1. The van der Waals surface area contributed by atoms with Crippen LogP contribution in [0.5, 0.6) is 0 Å². The number of likely N-dealkylation sites (tertiary alicyclic amines) is 1. The molecular weight excluding hydrogens is 524 g/mol. The van der Waals surface area contributed by atoms with E-state index in [2.05, 4.69) is 6.08 Å². The van der Waals surface area contributed by atoms with Gasteiger partial charge in [-0.05, 0) is 43.7 Å². The predicted octanol–water partition coefficient (Wildman–Crippen LogP) is 4.23. The zero-order valence-electron chi connectivity index (χ0n) is 21.8. The second kappa shape index (κ2) is 11.1. The minimum Gasteiger partial charge on any atom is -0.465 e. The molecule has 2 amide bonds. The molecule has 1 aromatic carbocycles. The number of benzene rings is 1. The fourth-order valence-electron chi connectivity index (χ4n) is 6.46. The molecule has 6 atom stereocenters. The highest BCUT2D eigenvalue weighted by Crippen LogP contribution is 2.61. The van der Waals surface area contributed by atoms with Crippen LogP contribution < -0.4 is 4.90 Å². The van der Waals surface area contributed by atoms with Crippen molar-refractivity contribution in [1.82, 2.24) is 4.90 Å². The molecule has 204 valence electrons. The maximum absolute atomic E-state index is 14.5. The Hall–Kier alpha value is -2.29. The summed E-state index contributed by atoms with van der Waals surface area (Å²) in [6.07, 6.45) is 11.1. The number of hydrogen-bond donors (Lipinski definition) is 1. The van der Waals surface area contributed by atoms with Crippen molar-refractivity contribution in [2.75, 3.05) is 24.7 Å². The molecule has 9 heteroatoms. The Morgan fingerprint density at radius 2 is 1.95 bits per heavy atom. The van der Waals surface area contributed by atoms with Crippen LogP contribution in [0.15, 0.2) is 48.6 Å². The number of amides is 2. The van der Waals surface area contributed by atoms with E-state index in [1.165, 1.54) is 11.8 Å². The first-order chi connectivity index (χ1) is 18.3. The number of carbonyl (C=O) groups excluding carboxylic acids is 3. The van der Waals surface area contributed by atoms with Crippen molar-refractivity contribution in [3.8, 4) is 0 Å². The van der Waals surface area contributed by atoms with Gasteiger partial charge in [-0.1, -0.05) is 61.9 Å². The SMILES string of the molecule is CC(C)C[C@H](CO)N1C(=O)[C@@H]2[C@@H]3C(=O)OCCCC/C=C\[C@@H]3S[C@@]23C=CCN(c2ccccc2Cl)C(=O)C13. The largest absolute Gasteiger partial charge is 0.465 e. The smallest absolute Gasteiger partial charge is 0.311 e. The first kappa shape index (κ1) is 27.3. The Balaban J connectivity index is 1.65. The number of nitrogens with zero attached hydrogens (tertiary/aromatic N) is 2. The molecule has 38 heavy (non-hydrogen) atoms. The number of aliphatic hydroxyl groups is 1. The number of halogens is 1. The lowest BCUT2D eigenvalue weighted by atomic mass is 9.78. The van der Waals surface area contributed by atoms with Gasteiger partial charge in [0.1, 0.15) is 6.04 Å². The van der Waals surface area contributed by atoms with E-state index in [0.29, 0.717) is 30.3 Å². The summed E-state index contributed by atoms with van der Waals surface area (Å²) in [5.41, 5.74) is 0.572. The number of aliphatic hydroxyl groups excluding tert-OH is 1. The third-order valence-corrected chi connectivity index (χ3v) is 10.1. The fourth-order valence-corrected chi connectivity index (χ4v) is 8.68. The Morgan fingerprint density at radius 3 is 2.68 bits per heavy atom. The van der Waals surface area contributed by atoms with Crippen molar-refractivity contribution in [2.45, 2.75) is 61.6 Å². The van der Waals surface area contributed by atoms with E-state index in [-0.39, 0.29) is 35.6 Å². The molecule has 4 aliphatic rings. The lowest BCUT2D eigenvalue weighted by molar-refractivity contribution is -0.153. The number of fused-ring (bicyclic) bond motifs is 2. The zero-order valence-corrected chi connectivity index (χ0v) is 23.4. The molecule has 2 saturated heterocycles. The van der Waals surface area contributed by atoms with Crippen LogP contribution in [-0.2, 0) is 19.1 Å². The van der Waals surface area contributed by atoms with Crippen molar-refractivity contribution in [2.24, 2.45) is 17.8 Å². The van der Waals surface area contributed by atoms with Crippen LogP contribution in [0.2, 0.25) is 5.02 Å². The number of ether oxygens (including phenoxy) is 1. The van der Waals surface area contributed by atoms with Gasteiger partial charge >= 0.3 is 5.97 Å². The van der Waals surface area contributed by atoms with Gasteiger partial charge in [0.25, 0.3) is 5.91 Å². The third kappa shape index (κ3) is 4.58. The van der Waals surface area contributed by atoms with Crippen molar-refractivity contribution < 1.29 is 24.2 Å². The fraction of sp³-hybridized carbons (Fsp3) is 0.552. The number of cyclic esters (lactones) is 1. The third-order valence-electron chi connectivity index (χ3n) is 8.03. The summed E-state index contributed by atoms with van der Waals surface area (Å²) in [6.45, 7) is 4.40. The molecule has 4 heterocycles. The molecule has 0 saturated carbocycles. The van der Waals surface area contributed by atoms with Gasteiger partial charge in [0.15, 0.2) is 0 Å². The van der Waals surface area contributed by atoms with E-state index in [4.69, 9.17) is 16.3 Å². The quantitative estimate of drug-likeness (QED) is 0.430. The van der Waals surface area contributed by atoms with Crippen molar-refractivity contribution in [3.63, 3.8) is 0 Å². The standard InChI is InChI=1S/C29H35ClN2O5S/c1-18(2)16-19(17-33)32-25-27(35)31(21-11-7-6-10-20(21)30)14-9-13-29(25)24(26(32)34)23-22(38-29)12-5-3-4-8-15-37-28(23)36/h5-7,9-13,18-19,22-25,33H,3-4,8,14-17H2,1-2H3/b12-5-/t19-,22+,23-,24+,25?,29+/m1/s1. The van der Waals surface area contributed by atoms with Crippen molar-refractivity contribution >= 4 is 46.8 Å². The molecule has 5 rings (SSSR count). The number of allylic oxidation sites excluding steroid dienone is 1. The van der Waals surface area contributed by atoms with Crippen LogP contribution in [0.4, 0.5) is 5.69 Å². The highest BCUT2D eigenvalue weighted by atomic mass is 35.5. The van der Waals surface area contributed by atoms with E-state index in [9.17, 15) is 19.5 Å². The molecule has 1 aromatic rings. The molecule has 0 bridgehead atoms. The Morgan fingerprint density at radius 1 is 1.16 bits per heavy atom. The average molecular weight is 559 g/mol. The molecule has 0 radical (unpaired) electrons. The van der Waals surface area contributed by atoms with Crippen LogP contribution >= 0.6 is 23.4 Å². The van der Waals surface area contributed by atoms with Gasteiger partial charge in [0.05, 0.1) is 46.5 Å². The van der Waals surface area contributed by atoms with Crippen LogP contribution in [0.25, 0.3) is 0 Å². The van der Waals surface area contributed by atoms with Gasteiger partial charge in [0.2, 0.25) is 5.91 Å². The number of carbonyl (C=O) groups is 3. The summed E-state index contributed by atoms with van der Waals surface area (Å²) >= 11 is 8.04. The van der Waals surface area contributed by atoms with Crippen LogP contribution in [0, 0.1) is 17.8 Å². The van der Waals surface area contributed by atoms with Crippen LogP contribution in [0.3, 0.4) is 0 Å². The molecule has 1 N–H and O–H groups in total. The summed E-state index contributed by atoms with van der Waals surface area (Å²) in [7, 11) is 0. The summed E-state index contributed by atoms with van der Waals surface area (Å²) in [5.74, 6) is -2.20. The maximum Gasteiger partial charge on any atom is 0.311 e. The van der Waals surface area contributed by atoms with Gasteiger partial charge in [-0.2, -0.15) is 0 Å². The van der Waals surface area contributed by atoms with Gasteiger partial charge in [-0.3, -0.25) is 14.4 Å². The summed E-state index contributed by atoms with van der Waals surface area (Å²) in [4.78, 5) is 45.6. The second-order valence-electron chi connectivity index (χ2n) is 10.9. The number of para-hydroxylation sites is 1. The molecule has 2 fully saturated rings. The van der Waals surface area contributed by atoms with Gasteiger partial charge in [0, 0.05) is 11.8 Å². The van der Waals surface area contributed by atoms with Crippen LogP contribution in [0.1, 0.15) is 39.5 Å². The highest BCUT2D eigenvalue weighted by molar-refractivity contribution is 8.02. The van der Waals surface area contributed by atoms with E-state index in [1.807, 2.05) is 44.2 Å². The minimum atomic E-state index is -0.971. The molecule has 7 nitrogen and oxygen atoms in total. The Bertz CT molecular complexity index is 1160. The number of hydrogen-bond acceptors (Lipinski definition) is 6. The normalized spacial score (nSPS) is 32.9. The number of esters is 1. The molecule has 1 unspecified atom stereocenters. The zero-order chi connectivity index (χ0) is 27.0. The Kier molecular flexibility index (Phi) is 7.94. The predicted molar refractivity (Wildman–Crippen MR) is 149 cm³/mol. The second-order valence-corrected chi connectivity index (χ2v) is 12.8. The molecule has 0 aliphatic carbocycles. The minimum absolute atomic E-state index is 0.189. The van der Waals surface area contributed by atoms with Gasteiger partial charge < -0.3 is 19.6 Å². The van der Waals surface area contributed by atoms with Crippen molar-refractivity contribution in [1.29, 1.82) is 0 Å². The number of anilines is 1. The van der Waals surface area contributed by atoms with Gasteiger partial charge in [-0.15, -0.1) is 11.8 Å². The van der Waals surface area contributed by atoms with Crippen LogP contribution in [-0.4, -0.2) is 69.6 Å². The van der Waals surface area contributed by atoms with Crippen molar-refractivity contribution in [3.05, 3.63) is 53.6 Å². The van der Waals surface area contributed by atoms with E-state index in [0.717, 1.165) is 19.3 Å². The molecule has 4 aliphatic heterocycles. The monoisotopic (exact) mass is 558 g/mol. The highest BCUT2D eigenvalue weighted by Gasteiger charge is 2.71. The van der Waals surface area contributed by atoms with E-state index < -0.39 is 28.7 Å². The first-order valence-corrected chi connectivity index (χ1v) is 14.7. The molecule has 1 spiro atoms. The lowest BCUT2D eigenvalue weighted by Gasteiger charge is -2.39. The Labute approximate surface area is 233 Å². The average Bonchev–Trinajstić information content (AvgIpc) is 3.28. The van der Waals surface area contributed by atoms with E-state index in [1.54, 1.807) is 21.9 Å². The molecule has 0 aromatic heterocycles. The number of rotatable bonds is 5. The maximum atomic E-state index is 14.5.